The number of nitrogens with two attached hydrogens (primary N) is 1. The summed E-state index contributed by atoms with van der Waals surface area (Å²) < 4.78 is 39.0. The lowest BCUT2D eigenvalue weighted by molar-refractivity contribution is -0.274. The second-order valence-electron chi connectivity index (χ2n) is 2.58. The smallest absolute Gasteiger partial charge is 0.406 e. The summed E-state index contributed by atoms with van der Waals surface area (Å²) in [5.41, 5.74) is 0.388. The van der Waals surface area contributed by atoms with Crippen molar-refractivity contribution in [2.24, 2.45) is 5.84 Å². The number of hydrazine groups is 1. The molecule has 0 saturated carbocycles. The van der Waals surface area contributed by atoms with Gasteiger partial charge in [0, 0.05) is 0 Å². The highest BCUT2D eigenvalue weighted by Crippen LogP contribution is 2.24. The molecule has 15 heavy (non-hydrogen) atoms. The van der Waals surface area contributed by atoms with Gasteiger partial charge in [-0.25, -0.2) is 5.84 Å². The van der Waals surface area contributed by atoms with Gasteiger partial charge in [-0.2, -0.15) is 0 Å². The van der Waals surface area contributed by atoms with E-state index in [1.807, 2.05) is 0 Å². The predicted octanol–water partition coefficient (Wildman–Crippen LogP) is 1.87. The van der Waals surface area contributed by atoms with Gasteiger partial charge in [0.2, 0.25) is 0 Å². The third-order valence-corrected chi connectivity index (χ3v) is 1.51. The predicted molar refractivity (Wildman–Crippen MR) is 48.6 cm³/mol. The van der Waals surface area contributed by atoms with Crippen molar-refractivity contribution in [2.45, 2.75) is 6.36 Å². The van der Waals surface area contributed by atoms with E-state index in [0.29, 0.717) is 5.69 Å². The molecule has 0 saturated heterocycles. The van der Waals surface area contributed by atoms with Crippen LogP contribution in [0.25, 0.3) is 0 Å². The number of anilines is 1. The van der Waals surface area contributed by atoms with E-state index in [2.05, 4.69) is 4.74 Å². The zero-order valence-electron chi connectivity index (χ0n) is 7.45. The van der Waals surface area contributed by atoms with E-state index >= 15 is 0 Å². The number of hydrogen-bond acceptors (Lipinski definition) is 3. The number of alkyl halides is 3. The molecule has 0 amide bonds. The largest absolute Gasteiger partial charge is 0.573 e. The van der Waals surface area contributed by atoms with Crippen molar-refractivity contribution in [1.29, 1.82) is 5.41 Å². The minimum absolute atomic E-state index is 0.329. The van der Waals surface area contributed by atoms with E-state index in [1.54, 1.807) is 0 Å². The maximum Gasteiger partial charge on any atom is 0.573 e. The molecule has 0 fully saturated rings. The molecule has 0 radical (unpaired) electrons. The third kappa shape index (κ3) is 3.47. The van der Waals surface area contributed by atoms with Crippen LogP contribution in [-0.2, 0) is 0 Å². The van der Waals surface area contributed by atoms with Crippen LogP contribution < -0.4 is 15.6 Å². The number of nitrogens with zero attached hydrogens (tertiary/aromatic N) is 1. The van der Waals surface area contributed by atoms with E-state index < -0.39 is 6.36 Å². The van der Waals surface area contributed by atoms with Crippen LogP contribution in [0.5, 0.6) is 5.75 Å². The Hall–Kier alpha value is -1.76. The standard InChI is InChI=1S/C8H8F3N3O/c9-8(10,11)15-7-3-1-6(2-4-7)14(13)5-12/h1-5,12H,13H2. The lowest BCUT2D eigenvalue weighted by Gasteiger charge is -2.13. The zero-order chi connectivity index (χ0) is 11.5. The Kier molecular flexibility index (Phi) is 3.15. The van der Waals surface area contributed by atoms with Gasteiger partial charge in [0.05, 0.1) is 5.69 Å². The number of benzene rings is 1. The van der Waals surface area contributed by atoms with Crippen LogP contribution in [0.1, 0.15) is 0 Å². The summed E-state index contributed by atoms with van der Waals surface area (Å²) in [6.45, 7) is 0. The van der Waals surface area contributed by atoms with Crippen LogP contribution in [0.15, 0.2) is 24.3 Å². The van der Waals surface area contributed by atoms with E-state index in [1.165, 1.54) is 12.1 Å². The van der Waals surface area contributed by atoms with Crippen molar-refractivity contribution in [3.63, 3.8) is 0 Å². The van der Waals surface area contributed by atoms with E-state index in [9.17, 15) is 13.2 Å². The molecule has 4 nitrogen and oxygen atoms in total. The fourth-order valence-electron chi connectivity index (χ4n) is 0.894. The van der Waals surface area contributed by atoms with Crippen LogP contribution in [0.2, 0.25) is 0 Å². The van der Waals surface area contributed by atoms with E-state index in [4.69, 9.17) is 11.3 Å². The molecule has 0 aromatic heterocycles. The summed E-state index contributed by atoms with van der Waals surface area (Å²) in [6.07, 6.45) is -3.87. The van der Waals surface area contributed by atoms with E-state index in [-0.39, 0.29) is 5.75 Å². The first-order chi connectivity index (χ1) is 6.92. The number of nitrogens with one attached hydrogen (secondary N) is 1. The van der Waals surface area contributed by atoms with Crippen molar-refractivity contribution in [1.82, 2.24) is 0 Å². The molecule has 0 spiro atoms. The number of hydrogen-bond donors (Lipinski definition) is 2. The van der Waals surface area contributed by atoms with Crippen LogP contribution in [0.3, 0.4) is 0 Å². The molecule has 1 aromatic rings. The molecule has 0 unspecified atom stereocenters. The first-order valence-corrected chi connectivity index (χ1v) is 3.83. The van der Waals surface area contributed by atoms with Gasteiger partial charge >= 0.3 is 6.36 Å². The number of halogens is 3. The van der Waals surface area contributed by atoms with Gasteiger partial charge in [0.1, 0.15) is 12.1 Å². The monoisotopic (exact) mass is 219 g/mol. The molecule has 0 aliphatic heterocycles. The molecule has 0 aliphatic carbocycles. The van der Waals surface area contributed by atoms with Gasteiger partial charge < -0.3 is 4.74 Å². The van der Waals surface area contributed by atoms with Crippen molar-refractivity contribution in [3.8, 4) is 5.75 Å². The summed E-state index contributed by atoms with van der Waals surface area (Å²) in [5, 5.41) is 7.76. The van der Waals surface area contributed by atoms with Gasteiger partial charge in [-0.3, -0.25) is 10.4 Å². The Labute approximate surface area is 83.5 Å². The topological polar surface area (TPSA) is 62.3 Å². The molecule has 0 bridgehead atoms. The van der Waals surface area contributed by atoms with Crippen LogP contribution in [-0.4, -0.2) is 12.7 Å². The molecule has 0 atom stereocenters. The molecular weight excluding hydrogens is 211 g/mol. The molecule has 1 aromatic carbocycles. The summed E-state index contributed by atoms with van der Waals surface area (Å²) in [6, 6.07) is 4.86. The Morgan fingerprint density at radius 3 is 2.20 bits per heavy atom. The Balaban J connectivity index is 2.77. The van der Waals surface area contributed by atoms with Crippen molar-refractivity contribution in [2.75, 3.05) is 5.01 Å². The van der Waals surface area contributed by atoms with Crippen molar-refractivity contribution in [3.05, 3.63) is 24.3 Å². The average molecular weight is 219 g/mol. The summed E-state index contributed by atoms with van der Waals surface area (Å²) in [7, 11) is 0. The number of ether oxygens (including phenoxy) is 1. The minimum Gasteiger partial charge on any atom is -0.406 e. The van der Waals surface area contributed by atoms with Crippen LogP contribution in [0.4, 0.5) is 18.9 Å². The second-order valence-corrected chi connectivity index (χ2v) is 2.58. The number of rotatable bonds is 3. The Morgan fingerprint density at radius 1 is 1.27 bits per heavy atom. The van der Waals surface area contributed by atoms with Gasteiger partial charge in [0.25, 0.3) is 0 Å². The molecule has 3 N–H and O–H groups in total. The minimum atomic E-state index is -4.70. The molecule has 0 heterocycles. The second kappa shape index (κ2) is 4.18. The van der Waals surface area contributed by atoms with Crippen molar-refractivity contribution < 1.29 is 17.9 Å². The Morgan fingerprint density at radius 2 is 1.80 bits per heavy atom. The van der Waals surface area contributed by atoms with Crippen molar-refractivity contribution >= 4 is 12.0 Å². The molecular formula is C8H8F3N3O. The zero-order valence-corrected chi connectivity index (χ0v) is 7.45. The molecule has 1 rings (SSSR count). The lowest BCUT2D eigenvalue weighted by atomic mass is 10.3. The fourth-order valence-corrected chi connectivity index (χ4v) is 0.894. The highest BCUT2D eigenvalue weighted by molar-refractivity contribution is 5.75. The first-order valence-electron chi connectivity index (χ1n) is 3.83. The Bertz CT molecular complexity index is 336. The van der Waals surface area contributed by atoms with Gasteiger partial charge in [-0.05, 0) is 24.3 Å². The summed E-state index contributed by atoms with van der Waals surface area (Å²) in [5.74, 6) is 4.97. The quantitative estimate of drug-likeness (QED) is 0.353. The SMILES string of the molecule is N=CN(N)c1ccc(OC(F)(F)F)cc1. The highest BCUT2D eigenvalue weighted by atomic mass is 19.4. The van der Waals surface area contributed by atoms with Gasteiger partial charge in [-0.15, -0.1) is 13.2 Å². The van der Waals surface area contributed by atoms with Crippen LogP contribution >= 0.6 is 0 Å². The maximum atomic E-state index is 11.8. The van der Waals surface area contributed by atoms with Gasteiger partial charge in [-0.1, -0.05) is 0 Å². The molecule has 7 heteroatoms. The highest BCUT2D eigenvalue weighted by Gasteiger charge is 2.30. The lowest BCUT2D eigenvalue weighted by Crippen LogP contribution is -2.28. The first kappa shape index (κ1) is 11.3. The van der Waals surface area contributed by atoms with E-state index in [0.717, 1.165) is 23.5 Å². The summed E-state index contributed by atoms with van der Waals surface area (Å²) in [4.78, 5) is 0. The maximum absolute atomic E-state index is 11.8. The fraction of sp³-hybridized carbons (Fsp3) is 0.125. The molecule has 82 valence electrons. The van der Waals surface area contributed by atoms with Crippen LogP contribution in [0, 0.1) is 5.41 Å². The van der Waals surface area contributed by atoms with Gasteiger partial charge in [0.15, 0.2) is 0 Å². The third-order valence-electron chi connectivity index (χ3n) is 1.51. The molecule has 0 aliphatic rings. The summed E-state index contributed by atoms with van der Waals surface area (Å²) >= 11 is 0. The average Bonchev–Trinajstić information content (AvgIpc) is 2.15. The normalized spacial score (nSPS) is 10.9.